The van der Waals surface area contributed by atoms with Crippen LogP contribution in [0.1, 0.15) is 62.5 Å². The summed E-state index contributed by atoms with van der Waals surface area (Å²) in [7, 11) is 0. The van der Waals surface area contributed by atoms with Crippen LogP contribution >= 0.6 is 0 Å². The van der Waals surface area contributed by atoms with Gasteiger partial charge in [0.15, 0.2) is 0 Å². The van der Waals surface area contributed by atoms with Crippen LogP contribution in [0.3, 0.4) is 0 Å². The van der Waals surface area contributed by atoms with Gasteiger partial charge in [-0.25, -0.2) is 0 Å². The van der Waals surface area contributed by atoms with Crippen LogP contribution in [0.15, 0.2) is 48.5 Å². The normalized spacial score (nSPS) is 13.5. The maximum Gasteiger partial charge on any atom is 0.0621 e. The molecular formula is C23H24N2. The monoisotopic (exact) mass is 328 g/mol. The molecule has 0 spiro atoms. The molecule has 1 aliphatic carbocycles. The quantitative estimate of drug-likeness (QED) is 0.548. The van der Waals surface area contributed by atoms with Gasteiger partial charge in [-0.2, -0.15) is 10.5 Å². The van der Waals surface area contributed by atoms with Crippen molar-refractivity contribution in [2.24, 2.45) is 0 Å². The first-order chi connectivity index (χ1) is 12.3. The fourth-order valence-corrected chi connectivity index (χ4v) is 4.34. The lowest BCUT2D eigenvalue weighted by atomic mass is 9.70. The number of fused-ring (bicyclic) bond motifs is 3. The topological polar surface area (TPSA) is 47.6 Å². The van der Waals surface area contributed by atoms with Crippen molar-refractivity contribution in [3.8, 4) is 23.3 Å². The van der Waals surface area contributed by atoms with Crippen LogP contribution in [-0.2, 0) is 5.41 Å². The van der Waals surface area contributed by atoms with Gasteiger partial charge < -0.3 is 0 Å². The van der Waals surface area contributed by atoms with Gasteiger partial charge in [-0.05, 0) is 47.9 Å². The van der Waals surface area contributed by atoms with E-state index in [1.54, 1.807) is 0 Å². The van der Waals surface area contributed by atoms with Crippen molar-refractivity contribution in [3.63, 3.8) is 0 Å². The van der Waals surface area contributed by atoms with E-state index in [2.05, 4.69) is 60.7 Å². The molecule has 0 amide bonds. The van der Waals surface area contributed by atoms with Crippen LogP contribution in [0.25, 0.3) is 11.1 Å². The van der Waals surface area contributed by atoms with E-state index in [0.29, 0.717) is 12.8 Å². The highest BCUT2D eigenvalue weighted by Gasteiger charge is 2.41. The molecule has 0 aromatic heterocycles. The van der Waals surface area contributed by atoms with Gasteiger partial charge in [-0.1, -0.05) is 61.4 Å². The molecule has 0 bridgehead atoms. The average molecular weight is 328 g/mol. The van der Waals surface area contributed by atoms with Crippen LogP contribution in [0, 0.1) is 22.7 Å². The summed E-state index contributed by atoms with van der Waals surface area (Å²) in [5, 5.41) is 17.7. The summed E-state index contributed by atoms with van der Waals surface area (Å²) in [5.41, 5.74) is 5.63. The third-order valence-corrected chi connectivity index (χ3v) is 5.46. The van der Waals surface area contributed by atoms with Crippen LogP contribution in [-0.4, -0.2) is 0 Å². The number of benzene rings is 2. The second-order valence-corrected chi connectivity index (χ2v) is 6.90. The Labute approximate surface area is 150 Å². The van der Waals surface area contributed by atoms with E-state index in [9.17, 15) is 0 Å². The molecular weight excluding hydrogens is 304 g/mol. The summed E-state index contributed by atoms with van der Waals surface area (Å²) in [5.74, 6) is 0. The molecule has 0 saturated heterocycles. The van der Waals surface area contributed by atoms with E-state index in [1.807, 2.05) is 0 Å². The summed E-state index contributed by atoms with van der Waals surface area (Å²) in [6, 6.07) is 22.1. The first kappa shape index (κ1) is 17.2. The Morgan fingerprint density at radius 1 is 0.640 bits per heavy atom. The lowest BCUT2D eigenvalue weighted by Gasteiger charge is -2.32. The van der Waals surface area contributed by atoms with Crippen LogP contribution in [0.4, 0.5) is 0 Å². The molecule has 126 valence electrons. The van der Waals surface area contributed by atoms with Crippen LogP contribution < -0.4 is 0 Å². The van der Waals surface area contributed by atoms with E-state index in [-0.39, 0.29) is 5.41 Å². The Kier molecular flexibility index (Phi) is 5.52. The Balaban J connectivity index is 1.97. The highest BCUT2D eigenvalue weighted by Crippen LogP contribution is 2.53. The van der Waals surface area contributed by atoms with Gasteiger partial charge in [0, 0.05) is 18.3 Å². The fraction of sp³-hybridized carbons (Fsp3) is 0.391. The van der Waals surface area contributed by atoms with E-state index >= 15 is 0 Å². The predicted molar refractivity (Wildman–Crippen MR) is 101 cm³/mol. The third-order valence-electron chi connectivity index (χ3n) is 5.46. The molecule has 2 nitrogen and oxygen atoms in total. The maximum absolute atomic E-state index is 8.86. The second-order valence-electron chi connectivity index (χ2n) is 6.90. The predicted octanol–water partition coefficient (Wildman–Crippen LogP) is 6.12. The molecule has 0 atom stereocenters. The minimum atomic E-state index is 0.0398. The first-order valence-corrected chi connectivity index (χ1v) is 9.27. The van der Waals surface area contributed by atoms with Crippen molar-refractivity contribution in [1.82, 2.24) is 0 Å². The Morgan fingerprint density at radius 3 is 1.52 bits per heavy atom. The van der Waals surface area contributed by atoms with Crippen molar-refractivity contribution in [2.45, 2.75) is 56.8 Å². The van der Waals surface area contributed by atoms with Crippen molar-refractivity contribution in [1.29, 1.82) is 10.5 Å². The van der Waals surface area contributed by atoms with Crippen molar-refractivity contribution >= 4 is 0 Å². The highest BCUT2D eigenvalue weighted by atomic mass is 14.4. The molecule has 2 heteroatoms. The minimum absolute atomic E-state index is 0.0398. The number of nitriles is 2. The SMILES string of the molecule is N#CCCCCC1(CCCCC#N)c2ccccc2-c2ccccc21. The van der Waals surface area contributed by atoms with E-state index in [4.69, 9.17) is 10.5 Å². The number of hydrogen-bond donors (Lipinski definition) is 0. The standard InChI is InChI=1S/C23H24N2/c24-17-9-1-7-15-23(16-8-2-10-18-25)21-13-5-3-11-19(21)20-12-4-6-14-22(20)23/h3-6,11-14H,1-2,7-10,15-16H2. The van der Waals surface area contributed by atoms with Crippen molar-refractivity contribution in [3.05, 3.63) is 59.7 Å². The first-order valence-electron chi connectivity index (χ1n) is 9.27. The maximum atomic E-state index is 8.86. The number of nitrogens with zero attached hydrogens (tertiary/aromatic N) is 2. The summed E-state index contributed by atoms with van der Waals surface area (Å²) in [6.45, 7) is 0. The number of rotatable bonds is 8. The van der Waals surface area contributed by atoms with Gasteiger partial charge in [-0.3, -0.25) is 0 Å². The van der Waals surface area contributed by atoms with Gasteiger partial charge in [-0.15, -0.1) is 0 Å². The lowest BCUT2D eigenvalue weighted by molar-refractivity contribution is 0.409. The number of unbranched alkanes of at least 4 members (excludes halogenated alkanes) is 4. The largest absolute Gasteiger partial charge is 0.198 e. The smallest absolute Gasteiger partial charge is 0.0621 e. The van der Waals surface area contributed by atoms with Gasteiger partial charge in [0.1, 0.15) is 0 Å². The highest BCUT2D eigenvalue weighted by molar-refractivity contribution is 5.80. The number of hydrogen-bond acceptors (Lipinski definition) is 2. The molecule has 0 radical (unpaired) electrons. The Hall–Kier alpha value is -2.58. The molecule has 3 rings (SSSR count). The average Bonchev–Trinajstić information content (AvgIpc) is 2.94. The van der Waals surface area contributed by atoms with E-state index in [0.717, 1.165) is 38.5 Å². The summed E-state index contributed by atoms with van der Waals surface area (Å²) in [4.78, 5) is 0. The van der Waals surface area contributed by atoms with E-state index in [1.165, 1.54) is 22.3 Å². The summed E-state index contributed by atoms with van der Waals surface area (Å²) < 4.78 is 0. The molecule has 0 N–H and O–H groups in total. The molecule has 2 aromatic carbocycles. The van der Waals surface area contributed by atoms with Crippen LogP contribution in [0.5, 0.6) is 0 Å². The summed E-state index contributed by atoms with van der Waals surface area (Å²) in [6.07, 6.45) is 7.47. The molecule has 0 unspecified atom stereocenters. The third kappa shape index (κ3) is 3.31. The molecule has 25 heavy (non-hydrogen) atoms. The van der Waals surface area contributed by atoms with E-state index < -0.39 is 0 Å². The second kappa shape index (κ2) is 8.00. The fourth-order valence-electron chi connectivity index (χ4n) is 4.34. The zero-order valence-electron chi connectivity index (χ0n) is 14.7. The molecule has 0 aliphatic heterocycles. The zero-order valence-corrected chi connectivity index (χ0v) is 14.7. The molecule has 0 saturated carbocycles. The summed E-state index contributed by atoms with van der Waals surface area (Å²) >= 11 is 0. The lowest BCUT2D eigenvalue weighted by Crippen LogP contribution is -2.25. The molecule has 0 heterocycles. The Morgan fingerprint density at radius 2 is 1.08 bits per heavy atom. The molecule has 0 fully saturated rings. The van der Waals surface area contributed by atoms with Gasteiger partial charge in [0.05, 0.1) is 12.1 Å². The zero-order chi connectivity index (χ0) is 17.5. The van der Waals surface area contributed by atoms with Crippen molar-refractivity contribution < 1.29 is 0 Å². The van der Waals surface area contributed by atoms with Gasteiger partial charge in [0.25, 0.3) is 0 Å². The van der Waals surface area contributed by atoms with Gasteiger partial charge in [0.2, 0.25) is 0 Å². The van der Waals surface area contributed by atoms with Gasteiger partial charge >= 0.3 is 0 Å². The van der Waals surface area contributed by atoms with Crippen molar-refractivity contribution in [2.75, 3.05) is 0 Å². The minimum Gasteiger partial charge on any atom is -0.198 e. The van der Waals surface area contributed by atoms with Crippen LogP contribution in [0.2, 0.25) is 0 Å². The Bertz CT molecular complexity index is 738. The molecule has 1 aliphatic rings. The molecule has 2 aromatic rings.